The molecule has 0 aromatic rings. The Morgan fingerprint density at radius 3 is 1.77 bits per heavy atom. The number of hydrogen-bond donors (Lipinski definition) is 3. The van der Waals surface area contributed by atoms with E-state index in [0.717, 1.165) is 0 Å². The van der Waals surface area contributed by atoms with Crippen LogP contribution in [0.3, 0.4) is 0 Å². The van der Waals surface area contributed by atoms with Crippen LogP contribution in [-0.2, 0) is 0 Å². The minimum atomic E-state index is -0.820. The third kappa shape index (κ3) is 6.99. The molecule has 0 aliphatic carbocycles. The smallest absolute Gasteiger partial charge is 0.0823 e. The van der Waals surface area contributed by atoms with Gasteiger partial charge in [0.05, 0.1) is 18.3 Å². The molecule has 0 saturated heterocycles. The second-order valence-corrected chi connectivity index (χ2v) is 4.98. The molecule has 0 saturated carbocycles. The maximum absolute atomic E-state index is 9.54. The molecule has 3 atom stereocenters. The van der Waals surface area contributed by atoms with Gasteiger partial charge in [-0.05, 0) is 18.8 Å². The third-order valence-corrected chi connectivity index (χ3v) is 1.85. The van der Waals surface area contributed by atoms with Crippen molar-refractivity contribution in [3.63, 3.8) is 0 Å². The van der Waals surface area contributed by atoms with Gasteiger partial charge in [0.1, 0.15) is 0 Å². The molecule has 0 unspecified atom stereocenters. The first-order valence-electron chi connectivity index (χ1n) is 4.76. The first-order chi connectivity index (χ1) is 5.72. The van der Waals surface area contributed by atoms with Crippen LogP contribution in [0.1, 0.15) is 40.5 Å². The molecule has 80 valence electrons. The number of aliphatic hydroxyl groups is 3. The van der Waals surface area contributed by atoms with Crippen LogP contribution in [0, 0.1) is 5.41 Å². The second kappa shape index (κ2) is 4.94. The van der Waals surface area contributed by atoms with Crippen LogP contribution >= 0.6 is 0 Å². The maximum atomic E-state index is 9.54. The Hall–Kier alpha value is -0.120. The largest absolute Gasteiger partial charge is 0.393 e. The summed E-state index contributed by atoms with van der Waals surface area (Å²) in [5.74, 6) is 0. The summed E-state index contributed by atoms with van der Waals surface area (Å²) in [5.41, 5.74) is -0.000902. The molecular weight excluding hydrogens is 168 g/mol. The van der Waals surface area contributed by atoms with Crippen molar-refractivity contribution in [2.75, 3.05) is 0 Å². The lowest BCUT2D eigenvalue weighted by Gasteiger charge is -2.26. The molecule has 0 heterocycles. The Bertz CT molecular complexity index is 138. The van der Waals surface area contributed by atoms with Gasteiger partial charge in [-0.3, -0.25) is 0 Å². The first-order valence-corrected chi connectivity index (χ1v) is 4.76. The van der Waals surface area contributed by atoms with Gasteiger partial charge in [-0.15, -0.1) is 0 Å². The maximum Gasteiger partial charge on any atom is 0.0823 e. The second-order valence-electron chi connectivity index (χ2n) is 4.98. The van der Waals surface area contributed by atoms with Gasteiger partial charge in [0.15, 0.2) is 0 Å². The van der Waals surface area contributed by atoms with E-state index in [1.165, 1.54) is 0 Å². The van der Waals surface area contributed by atoms with Gasteiger partial charge in [0.2, 0.25) is 0 Å². The minimum absolute atomic E-state index is 0.000902. The summed E-state index contributed by atoms with van der Waals surface area (Å²) >= 11 is 0. The van der Waals surface area contributed by atoms with Crippen LogP contribution < -0.4 is 0 Å². The molecule has 0 aromatic heterocycles. The molecule has 0 aliphatic rings. The Labute approximate surface area is 80.4 Å². The van der Waals surface area contributed by atoms with Gasteiger partial charge in [0, 0.05) is 6.42 Å². The molecule has 3 heteroatoms. The van der Waals surface area contributed by atoms with Gasteiger partial charge < -0.3 is 15.3 Å². The lowest BCUT2D eigenvalue weighted by Crippen LogP contribution is -2.32. The van der Waals surface area contributed by atoms with E-state index < -0.39 is 18.3 Å². The summed E-state index contributed by atoms with van der Waals surface area (Å²) in [7, 11) is 0. The van der Waals surface area contributed by atoms with Crippen molar-refractivity contribution in [3.05, 3.63) is 0 Å². The standard InChI is InChI=1S/C10H22O3/c1-7(11)5-8(12)9(13)6-10(2,3)4/h7-9,11-13H,5-6H2,1-4H3/t7-,8-,9-/m0/s1. The lowest BCUT2D eigenvalue weighted by atomic mass is 9.86. The van der Waals surface area contributed by atoms with E-state index in [1.54, 1.807) is 6.92 Å². The molecule has 0 radical (unpaired) electrons. The average Bonchev–Trinajstić information content (AvgIpc) is 1.81. The fraction of sp³-hybridized carbons (Fsp3) is 1.00. The molecular formula is C10H22O3. The van der Waals surface area contributed by atoms with Gasteiger partial charge in [-0.2, -0.15) is 0 Å². The average molecular weight is 190 g/mol. The van der Waals surface area contributed by atoms with E-state index >= 15 is 0 Å². The molecule has 0 bridgehead atoms. The fourth-order valence-electron chi connectivity index (χ4n) is 1.27. The number of aliphatic hydroxyl groups excluding tert-OH is 3. The molecule has 3 N–H and O–H groups in total. The zero-order valence-electron chi connectivity index (χ0n) is 8.99. The lowest BCUT2D eigenvalue weighted by molar-refractivity contribution is -0.0263. The van der Waals surface area contributed by atoms with Gasteiger partial charge in [-0.25, -0.2) is 0 Å². The van der Waals surface area contributed by atoms with E-state index in [0.29, 0.717) is 6.42 Å². The highest BCUT2D eigenvalue weighted by atomic mass is 16.3. The molecule has 3 nitrogen and oxygen atoms in total. The van der Waals surface area contributed by atoms with Gasteiger partial charge >= 0.3 is 0 Å². The van der Waals surface area contributed by atoms with Crippen LogP contribution in [0.15, 0.2) is 0 Å². The third-order valence-electron chi connectivity index (χ3n) is 1.85. The van der Waals surface area contributed by atoms with Crippen LogP contribution in [0.4, 0.5) is 0 Å². The topological polar surface area (TPSA) is 60.7 Å². The Balaban J connectivity index is 3.89. The molecule has 0 aliphatic heterocycles. The fourth-order valence-corrected chi connectivity index (χ4v) is 1.27. The molecule has 0 rings (SSSR count). The van der Waals surface area contributed by atoms with Crippen molar-refractivity contribution in [2.24, 2.45) is 5.41 Å². The van der Waals surface area contributed by atoms with Gasteiger partial charge in [-0.1, -0.05) is 20.8 Å². The summed E-state index contributed by atoms with van der Waals surface area (Å²) in [5, 5.41) is 28.0. The minimum Gasteiger partial charge on any atom is -0.393 e. The summed E-state index contributed by atoms with van der Waals surface area (Å²) < 4.78 is 0. The van der Waals surface area contributed by atoms with Crippen molar-refractivity contribution in [1.82, 2.24) is 0 Å². The zero-order chi connectivity index (χ0) is 10.6. The highest BCUT2D eigenvalue weighted by Crippen LogP contribution is 2.23. The Kier molecular flexibility index (Phi) is 4.89. The van der Waals surface area contributed by atoms with Crippen molar-refractivity contribution in [2.45, 2.75) is 58.8 Å². The summed E-state index contributed by atoms with van der Waals surface area (Å²) in [4.78, 5) is 0. The predicted molar refractivity (Wildman–Crippen MR) is 52.4 cm³/mol. The Morgan fingerprint density at radius 1 is 1.00 bits per heavy atom. The van der Waals surface area contributed by atoms with Crippen molar-refractivity contribution in [1.29, 1.82) is 0 Å². The summed E-state index contributed by atoms with van der Waals surface area (Å²) in [6, 6.07) is 0. The number of hydrogen-bond acceptors (Lipinski definition) is 3. The highest BCUT2D eigenvalue weighted by Gasteiger charge is 2.23. The summed E-state index contributed by atoms with van der Waals surface area (Å²) in [6.45, 7) is 7.62. The summed E-state index contributed by atoms with van der Waals surface area (Å²) in [6.07, 6.45) is -1.35. The van der Waals surface area contributed by atoms with Crippen LogP contribution in [0.2, 0.25) is 0 Å². The molecule has 13 heavy (non-hydrogen) atoms. The van der Waals surface area contributed by atoms with E-state index in [-0.39, 0.29) is 11.8 Å². The molecule has 0 aromatic carbocycles. The van der Waals surface area contributed by atoms with Crippen molar-refractivity contribution in [3.8, 4) is 0 Å². The van der Waals surface area contributed by atoms with E-state index in [1.807, 2.05) is 20.8 Å². The van der Waals surface area contributed by atoms with Crippen LogP contribution in [0.25, 0.3) is 0 Å². The quantitative estimate of drug-likeness (QED) is 0.617. The SMILES string of the molecule is C[C@H](O)C[C@H](O)[C@@H](O)CC(C)(C)C. The van der Waals surface area contributed by atoms with E-state index in [2.05, 4.69) is 0 Å². The zero-order valence-corrected chi connectivity index (χ0v) is 8.99. The van der Waals surface area contributed by atoms with Gasteiger partial charge in [0.25, 0.3) is 0 Å². The number of rotatable bonds is 4. The van der Waals surface area contributed by atoms with Crippen LogP contribution in [0.5, 0.6) is 0 Å². The van der Waals surface area contributed by atoms with Crippen LogP contribution in [-0.4, -0.2) is 33.6 Å². The van der Waals surface area contributed by atoms with E-state index in [4.69, 9.17) is 5.11 Å². The van der Waals surface area contributed by atoms with Crippen molar-refractivity contribution < 1.29 is 15.3 Å². The van der Waals surface area contributed by atoms with Crippen molar-refractivity contribution >= 4 is 0 Å². The predicted octanol–water partition coefficient (Wildman–Crippen LogP) is 0.915. The monoisotopic (exact) mass is 190 g/mol. The van der Waals surface area contributed by atoms with E-state index in [9.17, 15) is 10.2 Å². The normalized spacial score (nSPS) is 19.6. The highest BCUT2D eigenvalue weighted by molar-refractivity contribution is 4.75. The molecule has 0 amide bonds. The Morgan fingerprint density at radius 2 is 1.46 bits per heavy atom. The first kappa shape index (κ1) is 12.9. The molecule has 0 fully saturated rings. The molecule has 0 spiro atoms.